The van der Waals surface area contributed by atoms with Crippen LogP contribution in [0.2, 0.25) is 0 Å². The molecule has 0 aliphatic carbocycles. The maximum absolute atomic E-state index is 2.23. The van der Waals surface area contributed by atoms with Gasteiger partial charge in [0.1, 0.15) is 0 Å². The Kier molecular flexibility index (Phi) is 10.4. The minimum Gasteiger partial charge on any atom is -0.355 e. The maximum Gasteiger partial charge on any atom is 0.0191 e. The summed E-state index contributed by atoms with van der Waals surface area (Å²) in [6, 6.07) is 0. The molecule has 0 amide bonds. The highest BCUT2D eigenvalue weighted by molar-refractivity contribution is 5.03. The van der Waals surface area contributed by atoms with Gasteiger partial charge in [0.2, 0.25) is 0 Å². The van der Waals surface area contributed by atoms with Crippen LogP contribution in [0.1, 0.15) is 46.5 Å². The van der Waals surface area contributed by atoms with Crippen molar-refractivity contribution < 1.29 is 0 Å². The van der Waals surface area contributed by atoms with Gasteiger partial charge in [0.15, 0.2) is 0 Å². The highest BCUT2D eigenvalue weighted by Crippen LogP contribution is 1.96. The molecule has 0 aliphatic rings. The van der Waals surface area contributed by atoms with E-state index in [0.29, 0.717) is 0 Å². The van der Waals surface area contributed by atoms with Crippen molar-refractivity contribution in [2.45, 2.75) is 46.5 Å². The Balaban J connectivity index is 3.80. The Morgan fingerprint density at radius 1 is 0.933 bits per heavy atom. The third kappa shape index (κ3) is 9.33. The number of allylic oxidation sites excluding steroid dienone is 4. The molecule has 1 nitrogen and oxygen atoms in total. The summed E-state index contributed by atoms with van der Waals surface area (Å²) in [5, 5.41) is 0. The molecule has 0 radical (unpaired) electrons. The van der Waals surface area contributed by atoms with Crippen LogP contribution in [0.4, 0.5) is 0 Å². The Bertz CT molecular complexity index is 201. The van der Waals surface area contributed by atoms with Gasteiger partial charge in [-0.15, -0.1) is 0 Å². The molecule has 0 rings (SSSR count). The van der Waals surface area contributed by atoms with Crippen LogP contribution in [0, 0.1) is 0 Å². The molecule has 0 fully saturated rings. The highest BCUT2D eigenvalue weighted by Gasteiger charge is 1.85. The summed E-state index contributed by atoms with van der Waals surface area (Å²) in [4.78, 5) is 2.19. The molecule has 0 heterocycles. The Morgan fingerprint density at radius 2 is 1.73 bits per heavy atom. The molecular formula is C14H25N. The third-order valence-electron chi connectivity index (χ3n) is 2.15. The lowest BCUT2D eigenvalue weighted by Crippen LogP contribution is -2.07. The molecule has 0 spiro atoms. The van der Waals surface area contributed by atoms with Crippen LogP contribution in [-0.2, 0) is 0 Å². The summed E-state index contributed by atoms with van der Waals surface area (Å²) >= 11 is 0. The van der Waals surface area contributed by atoms with E-state index in [1.165, 1.54) is 19.3 Å². The zero-order chi connectivity index (χ0) is 11.4. The van der Waals surface area contributed by atoms with Crippen molar-refractivity contribution in [3.8, 4) is 0 Å². The van der Waals surface area contributed by atoms with Gasteiger partial charge in [-0.05, 0) is 32.0 Å². The fraction of sp³-hybridized carbons (Fsp3) is 0.571. The average Bonchev–Trinajstić information content (AvgIpc) is 2.27. The molecule has 0 unspecified atom stereocenters. The van der Waals surface area contributed by atoms with E-state index >= 15 is 0 Å². The molecule has 1 heteroatoms. The fourth-order valence-electron chi connectivity index (χ4n) is 1.16. The second kappa shape index (κ2) is 11.1. The second-order valence-corrected chi connectivity index (χ2v) is 3.54. The van der Waals surface area contributed by atoms with Crippen LogP contribution in [-0.4, -0.2) is 11.4 Å². The normalized spacial score (nSPS) is 12.2. The monoisotopic (exact) mass is 207 g/mol. The van der Waals surface area contributed by atoms with Gasteiger partial charge in [0, 0.05) is 12.7 Å². The zero-order valence-corrected chi connectivity index (χ0v) is 10.4. The van der Waals surface area contributed by atoms with Crippen LogP contribution in [0.3, 0.4) is 0 Å². The predicted octanol–water partition coefficient (Wildman–Crippen LogP) is 4.49. The molecule has 0 N–H and O–H groups in total. The van der Waals surface area contributed by atoms with E-state index in [2.05, 4.69) is 62.4 Å². The standard InChI is InChI=1S/C14H25N/c1-4-7-9-10-11-12-14-15(6-3)13-8-5-2/h8,10-14H,4-7,9H2,1-3H3/b11-10+,13-8+,14-12-. The van der Waals surface area contributed by atoms with Crippen molar-refractivity contribution in [2.75, 3.05) is 6.54 Å². The van der Waals surface area contributed by atoms with Crippen molar-refractivity contribution >= 4 is 0 Å². The molecule has 0 bridgehead atoms. The first-order chi connectivity index (χ1) is 7.35. The van der Waals surface area contributed by atoms with Crippen molar-refractivity contribution in [2.24, 2.45) is 0 Å². The average molecular weight is 207 g/mol. The SMILES string of the molecule is CC/C=C/N(/C=C\C=C\CCCC)CC. The topological polar surface area (TPSA) is 3.24 Å². The molecular weight excluding hydrogens is 182 g/mol. The lowest BCUT2D eigenvalue weighted by atomic mass is 10.2. The van der Waals surface area contributed by atoms with Gasteiger partial charge in [-0.1, -0.05) is 44.9 Å². The molecule has 0 aliphatic heterocycles. The molecule has 0 saturated carbocycles. The molecule has 0 aromatic carbocycles. The van der Waals surface area contributed by atoms with Gasteiger partial charge >= 0.3 is 0 Å². The van der Waals surface area contributed by atoms with Gasteiger partial charge in [0.05, 0.1) is 0 Å². The van der Waals surface area contributed by atoms with E-state index in [1.807, 2.05) is 0 Å². The smallest absolute Gasteiger partial charge is 0.0191 e. The molecule has 0 saturated heterocycles. The molecule has 0 aromatic rings. The van der Waals surface area contributed by atoms with E-state index in [4.69, 9.17) is 0 Å². The van der Waals surface area contributed by atoms with Gasteiger partial charge in [-0.25, -0.2) is 0 Å². The van der Waals surface area contributed by atoms with Crippen molar-refractivity contribution in [1.29, 1.82) is 0 Å². The Morgan fingerprint density at radius 3 is 2.33 bits per heavy atom. The first-order valence-electron chi connectivity index (χ1n) is 6.10. The number of rotatable bonds is 8. The maximum atomic E-state index is 2.23. The van der Waals surface area contributed by atoms with Crippen molar-refractivity contribution in [3.63, 3.8) is 0 Å². The summed E-state index contributed by atoms with van der Waals surface area (Å²) in [7, 11) is 0. The van der Waals surface area contributed by atoms with E-state index < -0.39 is 0 Å². The minimum atomic E-state index is 1.02. The zero-order valence-electron chi connectivity index (χ0n) is 10.4. The predicted molar refractivity (Wildman–Crippen MR) is 69.6 cm³/mol. The van der Waals surface area contributed by atoms with Crippen LogP contribution in [0.5, 0.6) is 0 Å². The minimum absolute atomic E-state index is 1.02. The second-order valence-electron chi connectivity index (χ2n) is 3.54. The summed E-state index contributed by atoms with van der Waals surface area (Å²) < 4.78 is 0. The van der Waals surface area contributed by atoms with Crippen molar-refractivity contribution in [3.05, 3.63) is 36.7 Å². The van der Waals surface area contributed by atoms with E-state index in [0.717, 1.165) is 13.0 Å². The van der Waals surface area contributed by atoms with Gasteiger partial charge in [0.25, 0.3) is 0 Å². The number of hydrogen-bond donors (Lipinski definition) is 0. The highest BCUT2D eigenvalue weighted by atomic mass is 15.1. The third-order valence-corrected chi connectivity index (χ3v) is 2.15. The summed E-state index contributed by atoms with van der Waals surface area (Å²) in [6.45, 7) is 7.55. The van der Waals surface area contributed by atoms with Gasteiger partial charge < -0.3 is 4.90 Å². The van der Waals surface area contributed by atoms with Crippen LogP contribution >= 0.6 is 0 Å². The Hall–Kier alpha value is -0.980. The quantitative estimate of drug-likeness (QED) is 0.418. The first kappa shape index (κ1) is 14.0. The summed E-state index contributed by atoms with van der Waals surface area (Å²) in [5.74, 6) is 0. The lowest BCUT2D eigenvalue weighted by Gasteiger charge is -2.10. The van der Waals surface area contributed by atoms with Crippen LogP contribution < -0.4 is 0 Å². The van der Waals surface area contributed by atoms with E-state index in [-0.39, 0.29) is 0 Å². The lowest BCUT2D eigenvalue weighted by molar-refractivity contribution is 0.535. The largest absolute Gasteiger partial charge is 0.355 e. The first-order valence-corrected chi connectivity index (χ1v) is 6.10. The molecule has 86 valence electrons. The van der Waals surface area contributed by atoms with Gasteiger partial charge in [-0.2, -0.15) is 0 Å². The van der Waals surface area contributed by atoms with Gasteiger partial charge in [-0.3, -0.25) is 0 Å². The number of unbranched alkanes of at least 4 members (excludes halogenated alkanes) is 2. The van der Waals surface area contributed by atoms with Crippen molar-refractivity contribution in [1.82, 2.24) is 4.90 Å². The Labute approximate surface area is 95.2 Å². The number of nitrogens with zero attached hydrogens (tertiary/aromatic N) is 1. The molecule has 15 heavy (non-hydrogen) atoms. The fourth-order valence-corrected chi connectivity index (χ4v) is 1.16. The van der Waals surface area contributed by atoms with E-state index in [1.54, 1.807) is 0 Å². The summed E-state index contributed by atoms with van der Waals surface area (Å²) in [6.07, 6.45) is 17.8. The van der Waals surface area contributed by atoms with Crippen LogP contribution in [0.15, 0.2) is 36.7 Å². The number of hydrogen-bond acceptors (Lipinski definition) is 1. The van der Waals surface area contributed by atoms with E-state index in [9.17, 15) is 0 Å². The molecule has 0 atom stereocenters. The molecule has 0 aromatic heterocycles. The summed E-state index contributed by atoms with van der Waals surface area (Å²) in [5.41, 5.74) is 0. The van der Waals surface area contributed by atoms with Crippen LogP contribution in [0.25, 0.3) is 0 Å².